The highest BCUT2D eigenvalue weighted by molar-refractivity contribution is 6.33. The van der Waals surface area contributed by atoms with Crippen molar-refractivity contribution in [3.8, 4) is 22.7 Å². The summed E-state index contributed by atoms with van der Waals surface area (Å²) in [6.07, 6.45) is 3.94. The topological polar surface area (TPSA) is 64.1 Å². The molecule has 0 aliphatic rings. The van der Waals surface area contributed by atoms with Gasteiger partial charge in [-0.3, -0.25) is 4.79 Å². The lowest BCUT2D eigenvalue weighted by Gasteiger charge is -2.08. The number of nitrogens with zero attached hydrogens (tertiary/aromatic N) is 1. The second-order valence-electron chi connectivity index (χ2n) is 6.84. The highest BCUT2D eigenvalue weighted by atomic mass is 35.5. The number of ether oxygens (including phenoxy) is 1. The molecule has 0 radical (unpaired) electrons. The number of aromatic amines is 1. The maximum atomic E-state index is 12.7. The monoisotopic (exact) mass is 430 g/mol. The number of H-pyrrole nitrogens is 1. The van der Waals surface area contributed by atoms with E-state index in [2.05, 4.69) is 4.98 Å². The number of rotatable bonds is 5. The molecule has 5 nitrogen and oxygen atoms in total. The summed E-state index contributed by atoms with van der Waals surface area (Å²) in [5, 5.41) is 0.461. The minimum atomic E-state index is -0.524. The maximum absolute atomic E-state index is 12.7. The zero-order valence-electron chi connectivity index (χ0n) is 16.7. The molecule has 3 aromatic carbocycles. The Morgan fingerprint density at radius 3 is 2.06 bits per heavy atom. The van der Waals surface area contributed by atoms with Gasteiger partial charge in [0.2, 0.25) is 0 Å². The van der Waals surface area contributed by atoms with Gasteiger partial charge < -0.3 is 9.72 Å². The molecule has 154 valence electrons. The average Bonchev–Trinajstić information content (AvgIpc) is 2.78. The Hall–Kier alpha value is -3.83. The lowest BCUT2D eigenvalue weighted by molar-refractivity contribution is 0.415. The van der Waals surface area contributed by atoms with Gasteiger partial charge in [0.05, 0.1) is 18.5 Å². The van der Waals surface area contributed by atoms with Gasteiger partial charge >= 0.3 is 5.69 Å². The van der Waals surface area contributed by atoms with E-state index in [1.54, 1.807) is 43.5 Å². The van der Waals surface area contributed by atoms with E-state index in [1.807, 2.05) is 48.6 Å². The Bertz CT molecular complexity index is 1320. The predicted octanol–water partition coefficient (Wildman–Crippen LogP) is 5.03. The fraction of sp³-hybridized carbons (Fsp3) is 0.0400. The molecular formula is C25H19ClN2O3. The van der Waals surface area contributed by atoms with Crippen LogP contribution in [0.3, 0.4) is 0 Å². The van der Waals surface area contributed by atoms with Crippen molar-refractivity contribution in [2.75, 3.05) is 7.11 Å². The van der Waals surface area contributed by atoms with Gasteiger partial charge in [-0.25, -0.2) is 9.36 Å². The molecule has 4 rings (SSSR count). The number of methoxy groups -OCH3 is 1. The molecule has 0 atom stereocenters. The number of hydrogen-bond donors (Lipinski definition) is 1. The number of halogens is 1. The second kappa shape index (κ2) is 8.90. The second-order valence-corrected chi connectivity index (χ2v) is 7.25. The maximum Gasteiger partial charge on any atom is 0.333 e. The molecule has 0 fully saturated rings. The van der Waals surface area contributed by atoms with E-state index in [-0.39, 0.29) is 0 Å². The van der Waals surface area contributed by atoms with Crippen LogP contribution in [0.2, 0.25) is 5.02 Å². The molecule has 1 N–H and O–H groups in total. The standard InChI is InChI=1S/C25H19ClN2O3/c1-31-20-14-10-18(11-15-20)7-6-17-8-12-19(13-9-17)28-24(29)16-23(27-25(28)30)21-4-2-3-5-22(21)26/h2-16H,1H3,(H,27,30). The van der Waals surface area contributed by atoms with Gasteiger partial charge in [-0.1, -0.05) is 66.2 Å². The van der Waals surface area contributed by atoms with E-state index in [9.17, 15) is 9.59 Å². The molecule has 6 heteroatoms. The van der Waals surface area contributed by atoms with Crippen LogP contribution in [-0.2, 0) is 0 Å². The number of benzene rings is 3. The summed E-state index contributed by atoms with van der Waals surface area (Å²) in [7, 11) is 1.63. The highest BCUT2D eigenvalue weighted by Gasteiger charge is 2.10. The molecule has 1 aromatic heterocycles. The number of aromatic nitrogens is 2. The fourth-order valence-electron chi connectivity index (χ4n) is 3.21. The Labute approximate surface area is 183 Å². The van der Waals surface area contributed by atoms with Gasteiger partial charge in [-0.05, 0) is 41.5 Å². The third-order valence-electron chi connectivity index (χ3n) is 4.83. The van der Waals surface area contributed by atoms with Crippen molar-refractivity contribution in [2.45, 2.75) is 0 Å². The Morgan fingerprint density at radius 1 is 0.871 bits per heavy atom. The minimum Gasteiger partial charge on any atom is -0.497 e. The minimum absolute atomic E-state index is 0.385. The lowest BCUT2D eigenvalue weighted by Crippen LogP contribution is -2.33. The van der Waals surface area contributed by atoms with Crippen molar-refractivity contribution in [3.63, 3.8) is 0 Å². The van der Waals surface area contributed by atoms with E-state index in [4.69, 9.17) is 16.3 Å². The van der Waals surface area contributed by atoms with Gasteiger partial charge in [0, 0.05) is 16.7 Å². The van der Waals surface area contributed by atoms with Crippen LogP contribution < -0.4 is 16.0 Å². The van der Waals surface area contributed by atoms with Gasteiger partial charge in [-0.2, -0.15) is 0 Å². The zero-order valence-corrected chi connectivity index (χ0v) is 17.5. The van der Waals surface area contributed by atoms with E-state index in [0.29, 0.717) is 22.0 Å². The van der Waals surface area contributed by atoms with Gasteiger partial charge in [0.15, 0.2) is 0 Å². The summed E-state index contributed by atoms with van der Waals surface area (Å²) in [6.45, 7) is 0. The summed E-state index contributed by atoms with van der Waals surface area (Å²) < 4.78 is 6.25. The van der Waals surface area contributed by atoms with E-state index >= 15 is 0 Å². The molecule has 0 bridgehead atoms. The largest absolute Gasteiger partial charge is 0.497 e. The molecule has 0 saturated heterocycles. The van der Waals surface area contributed by atoms with Crippen molar-refractivity contribution in [1.29, 1.82) is 0 Å². The van der Waals surface area contributed by atoms with Crippen LogP contribution in [-0.4, -0.2) is 16.7 Å². The summed E-state index contributed by atoms with van der Waals surface area (Å²) in [5.74, 6) is 0.803. The van der Waals surface area contributed by atoms with Gasteiger partial charge in [-0.15, -0.1) is 0 Å². The highest BCUT2D eigenvalue weighted by Crippen LogP contribution is 2.24. The van der Waals surface area contributed by atoms with Crippen LogP contribution in [0.5, 0.6) is 5.75 Å². The van der Waals surface area contributed by atoms with E-state index in [0.717, 1.165) is 21.4 Å². The van der Waals surface area contributed by atoms with Crippen molar-refractivity contribution >= 4 is 23.8 Å². The quantitative estimate of drug-likeness (QED) is 0.452. The number of hydrogen-bond acceptors (Lipinski definition) is 3. The zero-order chi connectivity index (χ0) is 21.8. The van der Waals surface area contributed by atoms with Crippen LogP contribution in [0.1, 0.15) is 11.1 Å². The van der Waals surface area contributed by atoms with Crippen molar-refractivity contribution in [3.05, 3.63) is 116 Å². The predicted molar refractivity (Wildman–Crippen MR) is 125 cm³/mol. The summed E-state index contributed by atoms with van der Waals surface area (Å²) >= 11 is 6.18. The SMILES string of the molecule is COc1ccc(C=Cc2ccc(-n3c(=O)cc(-c4ccccc4Cl)[nH]c3=O)cc2)cc1. The lowest BCUT2D eigenvalue weighted by atomic mass is 10.1. The normalized spacial score (nSPS) is 11.0. The number of nitrogens with one attached hydrogen (secondary N) is 1. The smallest absolute Gasteiger partial charge is 0.333 e. The van der Waals surface area contributed by atoms with Crippen LogP contribution in [0.15, 0.2) is 88.5 Å². The van der Waals surface area contributed by atoms with Crippen molar-refractivity contribution < 1.29 is 4.74 Å². The van der Waals surface area contributed by atoms with Crippen molar-refractivity contribution in [1.82, 2.24) is 9.55 Å². The van der Waals surface area contributed by atoms with Gasteiger partial charge in [0.25, 0.3) is 5.56 Å². The molecular weight excluding hydrogens is 412 g/mol. The van der Waals surface area contributed by atoms with E-state index < -0.39 is 11.2 Å². The molecule has 0 aliphatic heterocycles. The first-order valence-corrected chi connectivity index (χ1v) is 9.97. The molecule has 0 amide bonds. The fourth-order valence-corrected chi connectivity index (χ4v) is 3.44. The third kappa shape index (κ3) is 4.52. The summed E-state index contributed by atoms with van der Waals surface area (Å²) in [4.78, 5) is 28.0. The van der Waals surface area contributed by atoms with Crippen LogP contribution >= 0.6 is 11.6 Å². The first-order chi connectivity index (χ1) is 15.0. The Balaban J connectivity index is 1.60. The van der Waals surface area contributed by atoms with Crippen LogP contribution in [0.4, 0.5) is 0 Å². The molecule has 0 saturated carbocycles. The van der Waals surface area contributed by atoms with Crippen LogP contribution in [0, 0.1) is 0 Å². The van der Waals surface area contributed by atoms with Gasteiger partial charge in [0.1, 0.15) is 5.75 Å². The molecule has 1 heterocycles. The van der Waals surface area contributed by atoms with E-state index in [1.165, 1.54) is 6.07 Å². The summed E-state index contributed by atoms with van der Waals surface area (Å²) in [6, 6.07) is 23.3. The first-order valence-electron chi connectivity index (χ1n) is 9.59. The Kier molecular flexibility index (Phi) is 5.87. The van der Waals surface area contributed by atoms with Crippen LogP contribution in [0.25, 0.3) is 29.1 Å². The van der Waals surface area contributed by atoms with Crippen molar-refractivity contribution in [2.24, 2.45) is 0 Å². The molecule has 0 aliphatic carbocycles. The molecule has 0 unspecified atom stereocenters. The first kappa shape index (κ1) is 20.4. The molecule has 4 aromatic rings. The summed E-state index contributed by atoms with van der Waals surface area (Å²) in [5.41, 5.74) is 2.49. The average molecular weight is 431 g/mol. The Morgan fingerprint density at radius 2 is 1.48 bits per heavy atom. The third-order valence-corrected chi connectivity index (χ3v) is 5.16. The molecule has 0 spiro atoms. The molecule has 31 heavy (non-hydrogen) atoms.